The zero-order valence-electron chi connectivity index (χ0n) is 14.2. The molecule has 0 N–H and O–H groups in total. The first-order valence-corrected chi connectivity index (χ1v) is 9.57. The predicted molar refractivity (Wildman–Crippen MR) is 87.2 cm³/mol. The number of hydrogen-bond donors (Lipinski definition) is 0. The van der Waals surface area contributed by atoms with Crippen molar-refractivity contribution in [3.05, 3.63) is 29.3 Å². The van der Waals surface area contributed by atoms with E-state index in [1.165, 1.54) is 16.8 Å². The number of ketones is 1. The maximum atomic E-state index is 11.6. The molecular formula is C18H27MoNO. The number of rotatable bonds is 5. The molecule has 116 valence electrons. The minimum atomic E-state index is -0.676. The van der Waals surface area contributed by atoms with Gasteiger partial charge < -0.3 is 0 Å². The van der Waals surface area contributed by atoms with E-state index in [9.17, 15) is 4.79 Å². The average Bonchev–Trinajstić information content (AvgIpc) is 2.37. The van der Waals surface area contributed by atoms with Crippen LogP contribution in [0.5, 0.6) is 0 Å². The summed E-state index contributed by atoms with van der Waals surface area (Å²) in [6.45, 7) is 14.5. The summed E-state index contributed by atoms with van der Waals surface area (Å²) in [7, 11) is 0. The summed E-state index contributed by atoms with van der Waals surface area (Å²) in [5, 5.41) is 0. The van der Waals surface area contributed by atoms with E-state index in [4.69, 9.17) is 3.50 Å². The molecule has 0 aromatic heterocycles. The van der Waals surface area contributed by atoms with Gasteiger partial charge in [0.05, 0.1) is 0 Å². The van der Waals surface area contributed by atoms with Gasteiger partial charge in [-0.05, 0) is 0 Å². The monoisotopic (exact) mass is 371 g/mol. The van der Waals surface area contributed by atoms with Crippen molar-refractivity contribution in [2.75, 3.05) is 0 Å². The van der Waals surface area contributed by atoms with Gasteiger partial charge >= 0.3 is 137 Å². The van der Waals surface area contributed by atoms with Crippen molar-refractivity contribution in [2.45, 2.75) is 60.3 Å². The zero-order chi connectivity index (χ0) is 16.2. The van der Waals surface area contributed by atoms with E-state index in [0.717, 1.165) is 0 Å². The molecule has 0 fully saturated rings. The van der Waals surface area contributed by atoms with Crippen LogP contribution < -0.4 is 0 Å². The molecule has 1 aromatic carbocycles. The molecule has 0 aliphatic rings. The summed E-state index contributed by atoms with van der Waals surface area (Å²) in [4.78, 5) is 11.6. The number of nitrogens with zero attached hydrogens (tertiary/aromatic N) is 1. The second-order valence-electron chi connectivity index (χ2n) is 6.69. The Balaban J connectivity index is 3.35. The van der Waals surface area contributed by atoms with Crippen LogP contribution in [0.15, 0.2) is 21.7 Å². The van der Waals surface area contributed by atoms with Crippen LogP contribution in [0, 0.1) is 5.41 Å². The molecule has 0 saturated carbocycles. The Hall–Kier alpha value is -0.752. The minimum absolute atomic E-state index is 0.212. The molecule has 0 saturated heterocycles. The molecule has 21 heavy (non-hydrogen) atoms. The number of carbonyl (C=O) groups is 1. The van der Waals surface area contributed by atoms with E-state index in [0.29, 0.717) is 11.8 Å². The van der Waals surface area contributed by atoms with Crippen LogP contribution in [0.25, 0.3) is 0 Å². The van der Waals surface area contributed by atoms with Gasteiger partial charge in [0.15, 0.2) is 0 Å². The number of hydrogen-bond acceptors (Lipinski definition) is 2. The van der Waals surface area contributed by atoms with E-state index in [1.54, 1.807) is 6.92 Å². The van der Waals surface area contributed by atoms with E-state index >= 15 is 0 Å². The number of benzene rings is 1. The first-order valence-electron chi connectivity index (χ1n) is 7.52. The Morgan fingerprint density at radius 2 is 1.62 bits per heavy atom. The van der Waals surface area contributed by atoms with Gasteiger partial charge in [-0.1, -0.05) is 0 Å². The Bertz CT molecular complexity index is 553. The first-order chi connectivity index (χ1) is 9.66. The third kappa shape index (κ3) is 4.88. The molecule has 0 spiro atoms. The topological polar surface area (TPSA) is 29.4 Å². The van der Waals surface area contributed by atoms with Crippen molar-refractivity contribution in [1.82, 2.24) is 0 Å². The number of Topliss-reactive ketones (excluding diaryl/α,β-unsaturated/α-hetero) is 1. The summed E-state index contributed by atoms with van der Waals surface area (Å²) in [5.74, 6) is 1.15. The Labute approximate surface area is 137 Å². The summed E-state index contributed by atoms with van der Waals surface area (Å²) in [5.41, 5.74) is 3.46. The summed E-state index contributed by atoms with van der Waals surface area (Å²) < 4.78 is 7.08. The molecule has 0 heterocycles. The van der Waals surface area contributed by atoms with Gasteiger partial charge in [0.2, 0.25) is 0 Å². The van der Waals surface area contributed by atoms with E-state index in [1.807, 2.05) is 13.8 Å². The van der Waals surface area contributed by atoms with Crippen molar-refractivity contribution < 1.29 is 22.7 Å². The van der Waals surface area contributed by atoms with Crippen molar-refractivity contribution in [3.63, 3.8) is 0 Å². The third-order valence-electron chi connectivity index (χ3n) is 3.74. The molecule has 2 nitrogen and oxygen atoms in total. The van der Waals surface area contributed by atoms with Crippen LogP contribution in [0.4, 0.5) is 5.69 Å². The predicted octanol–water partition coefficient (Wildman–Crippen LogP) is 5.25. The fourth-order valence-corrected chi connectivity index (χ4v) is 3.87. The molecule has 0 aliphatic carbocycles. The fourth-order valence-electron chi connectivity index (χ4n) is 1.91. The van der Waals surface area contributed by atoms with Crippen LogP contribution in [0.2, 0.25) is 0 Å². The molecule has 1 aromatic rings. The van der Waals surface area contributed by atoms with Gasteiger partial charge in [-0.25, -0.2) is 0 Å². The standard InChI is InChI=1S/C12H17N.C6H10O.Mo/c1-8(2)10-6-5-7-11(9(3)4)12(10)13;1-5(7)6(2,3)4;/h5-9H,1-4H3;2H,1,3-4H3;. The quantitative estimate of drug-likeness (QED) is 0.652. The zero-order valence-corrected chi connectivity index (χ0v) is 16.2. The Kier molecular flexibility index (Phi) is 6.53. The van der Waals surface area contributed by atoms with Crippen molar-refractivity contribution in [2.24, 2.45) is 8.91 Å². The van der Waals surface area contributed by atoms with Gasteiger partial charge in [-0.3, -0.25) is 0 Å². The van der Waals surface area contributed by atoms with E-state index in [2.05, 4.69) is 50.3 Å². The molecule has 0 unspecified atom stereocenters. The normalized spacial score (nSPS) is 11.7. The third-order valence-corrected chi connectivity index (χ3v) is 6.16. The fraction of sp³-hybridized carbons (Fsp3) is 0.556. The molecule has 0 atom stereocenters. The van der Waals surface area contributed by atoms with Gasteiger partial charge in [-0.15, -0.1) is 0 Å². The SMILES string of the molecule is CC(=O)C(C)(C)[CH]=[Mo]=[N]c1c(C(C)C)cccc1C(C)C. The molecule has 0 bridgehead atoms. The summed E-state index contributed by atoms with van der Waals surface area (Å²) in [6.07, 6.45) is 0. The van der Waals surface area contributed by atoms with Gasteiger partial charge in [0, 0.05) is 0 Å². The van der Waals surface area contributed by atoms with Crippen LogP contribution in [-0.4, -0.2) is 10.2 Å². The van der Waals surface area contributed by atoms with Crippen LogP contribution >= 0.6 is 0 Å². The van der Waals surface area contributed by atoms with Gasteiger partial charge in [0.25, 0.3) is 0 Å². The van der Waals surface area contributed by atoms with Crippen LogP contribution in [-0.2, 0) is 22.7 Å². The van der Waals surface area contributed by atoms with Crippen molar-refractivity contribution in [1.29, 1.82) is 0 Å². The molecule has 1 rings (SSSR count). The molecule has 0 radical (unpaired) electrons. The van der Waals surface area contributed by atoms with Gasteiger partial charge in [-0.2, -0.15) is 0 Å². The van der Waals surface area contributed by atoms with Crippen LogP contribution in [0.1, 0.15) is 71.4 Å². The second kappa shape index (κ2) is 7.49. The Morgan fingerprint density at radius 1 is 1.14 bits per heavy atom. The van der Waals surface area contributed by atoms with E-state index in [-0.39, 0.29) is 11.2 Å². The average molecular weight is 369 g/mol. The first kappa shape index (κ1) is 18.3. The van der Waals surface area contributed by atoms with Gasteiger partial charge in [0.1, 0.15) is 0 Å². The van der Waals surface area contributed by atoms with Crippen molar-refractivity contribution >= 4 is 15.9 Å². The Morgan fingerprint density at radius 3 is 2.00 bits per heavy atom. The second-order valence-corrected chi connectivity index (χ2v) is 8.23. The maximum absolute atomic E-state index is 11.6. The molecule has 3 heteroatoms. The van der Waals surface area contributed by atoms with E-state index < -0.39 is 17.9 Å². The van der Waals surface area contributed by atoms with Crippen molar-refractivity contribution in [3.8, 4) is 0 Å². The molecule has 0 amide bonds. The summed E-state index contributed by atoms with van der Waals surface area (Å²) in [6, 6.07) is 6.49. The molecule has 0 aliphatic heterocycles. The number of carbonyl (C=O) groups excluding carboxylic acids is 1. The van der Waals surface area contributed by atoms with Crippen LogP contribution in [0.3, 0.4) is 0 Å². The summed E-state index contributed by atoms with van der Waals surface area (Å²) >= 11 is -0.676. The molecular weight excluding hydrogens is 342 g/mol.